The van der Waals surface area contributed by atoms with E-state index in [0.29, 0.717) is 0 Å². The largest absolute Gasteiger partial charge is 0.444 e. The first-order chi connectivity index (χ1) is 7.31. The Kier molecular flexibility index (Phi) is 3.82. The summed E-state index contributed by atoms with van der Waals surface area (Å²) in [7, 11) is 0. The molecule has 0 aliphatic heterocycles. The van der Waals surface area contributed by atoms with E-state index in [-0.39, 0.29) is 10.0 Å². The molecule has 0 spiro atoms. The van der Waals surface area contributed by atoms with Crippen molar-refractivity contribution in [2.24, 2.45) is 0 Å². The third-order valence-corrected chi connectivity index (χ3v) is 2.33. The highest BCUT2D eigenvalue weighted by molar-refractivity contribution is 7.15. The molecule has 5 nitrogen and oxygen atoms in total. The minimum atomic E-state index is -0.779. The monoisotopic (exact) mass is 248 g/mol. The Bertz CT molecular complexity index is 387. The molecule has 0 unspecified atom stereocenters. The lowest BCUT2D eigenvalue weighted by molar-refractivity contribution is 0.0636. The number of carbonyl (C=O) groups excluding carboxylic acids is 1. The van der Waals surface area contributed by atoms with Crippen molar-refractivity contribution in [2.45, 2.75) is 33.0 Å². The minimum absolute atomic E-state index is 0.0656. The first-order valence-corrected chi connectivity index (χ1v) is 5.39. The molecule has 0 saturated carbocycles. The molecule has 90 valence electrons. The second kappa shape index (κ2) is 4.75. The van der Waals surface area contributed by atoms with E-state index in [0.717, 1.165) is 11.3 Å². The fraction of sp³-hybridized carbons (Fsp3) is 0.556. The molecular formula is C9H13FN2O3S. The number of thiazole rings is 1. The van der Waals surface area contributed by atoms with Gasteiger partial charge in [0.25, 0.3) is 0 Å². The molecule has 0 atom stereocenters. The van der Waals surface area contributed by atoms with E-state index in [1.165, 1.54) is 0 Å². The SMILES string of the molecule is CC(C)(C)OC(=O)Nc1nc(F)c(CO)s1. The van der Waals surface area contributed by atoms with Crippen molar-refractivity contribution in [1.29, 1.82) is 0 Å². The van der Waals surface area contributed by atoms with Crippen LogP contribution in [0.15, 0.2) is 0 Å². The maximum Gasteiger partial charge on any atom is 0.413 e. The molecule has 0 aromatic carbocycles. The van der Waals surface area contributed by atoms with E-state index in [9.17, 15) is 9.18 Å². The average molecular weight is 248 g/mol. The zero-order valence-corrected chi connectivity index (χ0v) is 10.0. The van der Waals surface area contributed by atoms with Crippen molar-refractivity contribution in [3.05, 3.63) is 10.8 Å². The van der Waals surface area contributed by atoms with Gasteiger partial charge < -0.3 is 9.84 Å². The van der Waals surface area contributed by atoms with Crippen LogP contribution in [-0.2, 0) is 11.3 Å². The fourth-order valence-corrected chi connectivity index (χ4v) is 1.56. The van der Waals surface area contributed by atoms with Crippen LogP contribution in [0.2, 0.25) is 0 Å². The summed E-state index contributed by atoms with van der Waals surface area (Å²) in [5, 5.41) is 11.1. The lowest BCUT2D eigenvalue weighted by Crippen LogP contribution is -2.27. The molecule has 0 aliphatic rings. The van der Waals surface area contributed by atoms with E-state index >= 15 is 0 Å². The third kappa shape index (κ3) is 3.74. The summed E-state index contributed by atoms with van der Waals surface area (Å²) >= 11 is 0.866. The first kappa shape index (κ1) is 12.9. The van der Waals surface area contributed by atoms with Crippen LogP contribution < -0.4 is 5.32 Å². The Morgan fingerprint density at radius 2 is 2.25 bits per heavy atom. The lowest BCUT2D eigenvalue weighted by Gasteiger charge is -2.18. The molecule has 16 heavy (non-hydrogen) atoms. The van der Waals surface area contributed by atoms with Gasteiger partial charge in [0.2, 0.25) is 5.95 Å². The van der Waals surface area contributed by atoms with E-state index in [1.54, 1.807) is 20.8 Å². The summed E-state index contributed by atoms with van der Waals surface area (Å²) in [5.41, 5.74) is -0.625. The van der Waals surface area contributed by atoms with Crippen LogP contribution in [0.1, 0.15) is 25.6 Å². The van der Waals surface area contributed by atoms with Crippen molar-refractivity contribution in [2.75, 3.05) is 5.32 Å². The molecule has 1 heterocycles. The van der Waals surface area contributed by atoms with Gasteiger partial charge in [-0.25, -0.2) is 4.79 Å². The zero-order chi connectivity index (χ0) is 12.3. The van der Waals surface area contributed by atoms with Gasteiger partial charge in [-0.05, 0) is 20.8 Å². The van der Waals surface area contributed by atoms with E-state index < -0.39 is 24.2 Å². The van der Waals surface area contributed by atoms with Gasteiger partial charge in [0.05, 0.1) is 11.5 Å². The van der Waals surface area contributed by atoms with Crippen molar-refractivity contribution in [3.63, 3.8) is 0 Å². The van der Waals surface area contributed by atoms with Gasteiger partial charge in [-0.15, -0.1) is 0 Å². The molecular weight excluding hydrogens is 235 g/mol. The summed E-state index contributed by atoms with van der Waals surface area (Å²) in [6, 6.07) is 0. The Labute approximate surface area is 96.3 Å². The number of nitrogens with one attached hydrogen (secondary N) is 1. The van der Waals surface area contributed by atoms with Gasteiger partial charge in [-0.1, -0.05) is 11.3 Å². The van der Waals surface area contributed by atoms with Gasteiger partial charge in [0, 0.05) is 0 Å². The third-order valence-electron chi connectivity index (χ3n) is 1.40. The summed E-state index contributed by atoms with van der Waals surface area (Å²) in [6.07, 6.45) is -0.703. The van der Waals surface area contributed by atoms with Crippen molar-refractivity contribution in [1.82, 2.24) is 4.98 Å². The van der Waals surface area contributed by atoms with Gasteiger partial charge in [0.15, 0.2) is 5.13 Å². The Hall–Kier alpha value is -1.21. The van der Waals surface area contributed by atoms with Crippen LogP contribution in [0.4, 0.5) is 14.3 Å². The highest BCUT2D eigenvalue weighted by atomic mass is 32.1. The number of amides is 1. The number of halogens is 1. The molecule has 1 amide bonds. The normalized spacial score (nSPS) is 11.3. The number of rotatable bonds is 2. The number of hydrogen-bond acceptors (Lipinski definition) is 5. The van der Waals surface area contributed by atoms with Crippen LogP contribution in [0.25, 0.3) is 0 Å². The van der Waals surface area contributed by atoms with E-state index in [1.807, 2.05) is 0 Å². The number of anilines is 1. The maximum atomic E-state index is 12.9. The lowest BCUT2D eigenvalue weighted by atomic mass is 10.2. The highest BCUT2D eigenvalue weighted by Crippen LogP contribution is 2.22. The number of carbonyl (C=O) groups is 1. The quantitative estimate of drug-likeness (QED) is 0.841. The van der Waals surface area contributed by atoms with Gasteiger partial charge in [-0.3, -0.25) is 5.32 Å². The van der Waals surface area contributed by atoms with Crippen LogP contribution in [0.3, 0.4) is 0 Å². The first-order valence-electron chi connectivity index (χ1n) is 4.58. The molecule has 7 heteroatoms. The Balaban J connectivity index is 2.63. The standard InChI is InChI=1S/C9H13FN2O3S/c1-9(2,3)15-8(14)12-7-11-6(10)5(4-13)16-7/h13H,4H2,1-3H3,(H,11,12,14). The maximum absolute atomic E-state index is 12.9. The predicted octanol–water partition coefficient (Wildman–Crippen LogP) is 2.12. The number of aliphatic hydroxyl groups excluding tert-OH is 1. The number of aromatic nitrogens is 1. The summed E-state index contributed by atoms with van der Waals surface area (Å²) in [6.45, 7) is 4.70. The smallest absolute Gasteiger partial charge is 0.413 e. The molecule has 0 aliphatic carbocycles. The summed E-state index contributed by atoms with van der Waals surface area (Å²) in [4.78, 5) is 14.8. The molecule has 2 N–H and O–H groups in total. The van der Waals surface area contributed by atoms with Crippen LogP contribution in [-0.4, -0.2) is 21.8 Å². The summed E-state index contributed by atoms with van der Waals surface area (Å²) in [5.74, 6) is -0.779. The molecule has 0 fully saturated rings. The predicted molar refractivity (Wildman–Crippen MR) is 57.9 cm³/mol. The average Bonchev–Trinajstić information content (AvgIpc) is 2.42. The molecule has 0 radical (unpaired) electrons. The number of ether oxygens (including phenoxy) is 1. The van der Waals surface area contributed by atoms with Crippen LogP contribution in [0, 0.1) is 5.95 Å². The van der Waals surface area contributed by atoms with Crippen molar-refractivity contribution < 1.29 is 19.0 Å². The number of aliphatic hydroxyl groups is 1. The second-order valence-electron chi connectivity index (χ2n) is 4.02. The van der Waals surface area contributed by atoms with Crippen LogP contribution in [0.5, 0.6) is 0 Å². The van der Waals surface area contributed by atoms with Crippen LogP contribution >= 0.6 is 11.3 Å². The molecule has 1 aromatic rings. The Morgan fingerprint density at radius 1 is 1.62 bits per heavy atom. The van der Waals surface area contributed by atoms with Crippen molar-refractivity contribution >= 4 is 22.6 Å². The molecule has 1 rings (SSSR count). The zero-order valence-electron chi connectivity index (χ0n) is 9.20. The topological polar surface area (TPSA) is 71.5 Å². The minimum Gasteiger partial charge on any atom is -0.444 e. The second-order valence-corrected chi connectivity index (χ2v) is 5.10. The van der Waals surface area contributed by atoms with Crippen molar-refractivity contribution in [3.8, 4) is 0 Å². The number of nitrogens with zero attached hydrogens (tertiary/aromatic N) is 1. The fourth-order valence-electron chi connectivity index (χ4n) is 0.875. The van der Waals surface area contributed by atoms with Gasteiger partial charge in [0.1, 0.15) is 5.60 Å². The van der Waals surface area contributed by atoms with E-state index in [2.05, 4.69) is 10.3 Å². The Morgan fingerprint density at radius 3 is 2.69 bits per heavy atom. The molecule has 0 saturated heterocycles. The van der Waals surface area contributed by atoms with Gasteiger partial charge >= 0.3 is 6.09 Å². The highest BCUT2D eigenvalue weighted by Gasteiger charge is 2.18. The van der Waals surface area contributed by atoms with Gasteiger partial charge in [-0.2, -0.15) is 9.37 Å². The summed E-state index contributed by atoms with van der Waals surface area (Å²) < 4.78 is 17.9. The molecule has 0 bridgehead atoms. The van der Waals surface area contributed by atoms with E-state index in [4.69, 9.17) is 9.84 Å². The number of hydrogen-bond donors (Lipinski definition) is 2. The molecule has 1 aromatic heterocycles.